The Balaban J connectivity index is 1.82. The monoisotopic (exact) mass is 369 g/mol. The Morgan fingerprint density at radius 3 is 2.50 bits per heavy atom. The maximum absolute atomic E-state index is 12.3. The fourth-order valence-electron chi connectivity index (χ4n) is 3.11. The number of aliphatic carboxylic acids is 1. The van der Waals surface area contributed by atoms with Crippen LogP contribution in [0.4, 0.5) is 0 Å². The number of hydrogen-bond acceptors (Lipinski definition) is 6. The summed E-state index contributed by atoms with van der Waals surface area (Å²) in [5.41, 5.74) is 5.44. The van der Waals surface area contributed by atoms with Crippen molar-refractivity contribution in [1.29, 1.82) is 0 Å². The third-order valence-corrected chi connectivity index (χ3v) is 5.17. The number of amides is 2. The van der Waals surface area contributed by atoms with Crippen LogP contribution in [0, 0.1) is 17.8 Å². The smallest absolute Gasteiger partial charge is 0.326 e. The molecule has 2 rings (SSSR count). The average Bonchev–Trinajstić information content (AvgIpc) is 3.28. The van der Waals surface area contributed by atoms with Crippen molar-refractivity contribution in [2.24, 2.45) is 23.5 Å². The summed E-state index contributed by atoms with van der Waals surface area (Å²) in [4.78, 5) is 46.8. The summed E-state index contributed by atoms with van der Waals surface area (Å²) < 4.78 is 4.98. The summed E-state index contributed by atoms with van der Waals surface area (Å²) in [5, 5.41) is 14.4. The first-order chi connectivity index (χ1) is 12.1. The molecule has 9 nitrogen and oxygen atoms in total. The first-order valence-electron chi connectivity index (χ1n) is 8.95. The molecule has 1 heterocycles. The zero-order chi connectivity index (χ0) is 19.6. The summed E-state index contributed by atoms with van der Waals surface area (Å²) >= 11 is 0. The Morgan fingerprint density at radius 1 is 1.35 bits per heavy atom. The molecule has 1 saturated carbocycles. The molecule has 1 saturated heterocycles. The molecule has 7 atom stereocenters. The van der Waals surface area contributed by atoms with Gasteiger partial charge in [0.05, 0.1) is 6.04 Å². The molecular formula is C17H27N3O6. The van der Waals surface area contributed by atoms with Gasteiger partial charge >= 0.3 is 11.9 Å². The molecule has 0 aromatic carbocycles. The summed E-state index contributed by atoms with van der Waals surface area (Å²) in [5.74, 6) is -2.77. The molecule has 1 aliphatic heterocycles. The molecule has 0 radical (unpaired) electrons. The number of cyclic esters (lactones) is 1. The first-order valence-corrected chi connectivity index (χ1v) is 8.95. The lowest BCUT2D eigenvalue weighted by Gasteiger charge is -2.37. The molecule has 0 spiro atoms. The number of carboxylic acid groups (broad SMARTS) is 1. The van der Waals surface area contributed by atoms with Gasteiger partial charge in [0.15, 0.2) is 6.10 Å². The number of ether oxygens (including phenoxy) is 1. The number of carbonyl (C=O) groups is 4. The molecule has 0 bridgehead atoms. The molecule has 5 N–H and O–H groups in total. The van der Waals surface area contributed by atoms with Crippen LogP contribution in [0.2, 0.25) is 0 Å². The molecule has 2 amide bonds. The number of carboxylic acids is 1. The molecule has 1 aliphatic carbocycles. The minimum absolute atomic E-state index is 0.0498. The summed E-state index contributed by atoms with van der Waals surface area (Å²) in [6.45, 7) is 5.33. The Hall–Kier alpha value is -2.16. The number of nitrogens with two attached hydrogens (primary N) is 1. The van der Waals surface area contributed by atoms with Gasteiger partial charge in [0, 0.05) is 6.04 Å². The number of rotatable bonds is 9. The highest BCUT2D eigenvalue weighted by Gasteiger charge is 2.51. The van der Waals surface area contributed by atoms with E-state index in [1.807, 2.05) is 13.8 Å². The zero-order valence-electron chi connectivity index (χ0n) is 15.2. The minimum Gasteiger partial charge on any atom is -0.480 e. The van der Waals surface area contributed by atoms with Crippen LogP contribution in [-0.2, 0) is 23.9 Å². The van der Waals surface area contributed by atoms with Crippen molar-refractivity contribution in [1.82, 2.24) is 10.6 Å². The van der Waals surface area contributed by atoms with Gasteiger partial charge < -0.3 is 26.2 Å². The van der Waals surface area contributed by atoms with Gasteiger partial charge in [0.1, 0.15) is 12.0 Å². The maximum Gasteiger partial charge on any atom is 0.326 e. The van der Waals surface area contributed by atoms with Crippen LogP contribution in [0.5, 0.6) is 0 Å². The van der Waals surface area contributed by atoms with Gasteiger partial charge in [-0.3, -0.25) is 14.4 Å². The predicted molar refractivity (Wildman–Crippen MR) is 90.7 cm³/mol. The van der Waals surface area contributed by atoms with E-state index in [1.165, 1.54) is 6.92 Å². The predicted octanol–water partition coefficient (Wildman–Crippen LogP) is -0.614. The summed E-state index contributed by atoms with van der Waals surface area (Å²) in [6, 6.07) is -2.01. The Bertz CT molecular complexity index is 593. The third-order valence-electron chi connectivity index (χ3n) is 5.17. The van der Waals surface area contributed by atoms with E-state index in [-0.39, 0.29) is 36.2 Å². The van der Waals surface area contributed by atoms with Crippen LogP contribution in [-0.4, -0.2) is 53.1 Å². The largest absolute Gasteiger partial charge is 0.480 e. The molecule has 2 aliphatic rings. The van der Waals surface area contributed by atoms with E-state index in [9.17, 15) is 24.3 Å². The van der Waals surface area contributed by atoms with Crippen molar-refractivity contribution in [2.75, 3.05) is 0 Å². The number of hydrogen-bond donors (Lipinski definition) is 4. The van der Waals surface area contributed by atoms with Gasteiger partial charge in [-0.2, -0.15) is 0 Å². The van der Waals surface area contributed by atoms with Crippen LogP contribution < -0.4 is 16.4 Å². The quantitative estimate of drug-likeness (QED) is 0.396. The Morgan fingerprint density at radius 2 is 2.00 bits per heavy atom. The Kier molecular flexibility index (Phi) is 6.22. The molecule has 2 fully saturated rings. The van der Waals surface area contributed by atoms with Crippen molar-refractivity contribution in [3.8, 4) is 0 Å². The second-order valence-electron chi connectivity index (χ2n) is 7.30. The highest BCUT2D eigenvalue weighted by molar-refractivity contribution is 5.94. The lowest BCUT2D eigenvalue weighted by Crippen LogP contribution is -2.56. The van der Waals surface area contributed by atoms with Gasteiger partial charge in [-0.05, 0) is 31.6 Å². The van der Waals surface area contributed by atoms with Crippen LogP contribution in [0.3, 0.4) is 0 Å². The lowest BCUT2D eigenvalue weighted by molar-refractivity contribution is -0.193. The standard InChI is InChI=1S/C17H27N3O6/c1-4-7(2)12-13(26-17(12)25)15(22)19-10-5-9(10)6-11(16(23)24)20-14(21)8(3)18/h7-13H,4-6,18H2,1-3H3,(H,19,22)(H,20,21)(H,23,24)/t7?,8-,9+,10-,11+,12-,13?/m0/s1. The van der Waals surface area contributed by atoms with E-state index >= 15 is 0 Å². The molecule has 0 aromatic rings. The molecule has 146 valence electrons. The molecular weight excluding hydrogens is 342 g/mol. The van der Waals surface area contributed by atoms with E-state index in [0.717, 1.165) is 6.42 Å². The van der Waals surface area contributed by atoms with Gasteiger partial charge in [-0.15, -0.1) is 0 Å². The highest BCUT2D eigenvalue weighted by Crippen LogP contribution is 2.37. The van der Waals surface area contributed by atoms with E-state index < -0.39 is 36.0 Å². The highest BCUT2D eigenvalue weighted by atomic mass is 16.6. The number of carbonyl (C=O) groups excluding carboxylic acids is 3. The van der Waals surface area contributed by atoms with Crippen molar-refractivity contribution in [3.63, 3.8) is 0 Å². The molecule has 26 heavy (non-hydrogen) atoms. The minimum atomic E-state index is -1.14. The van der Waals surface area contributed by atoms with E-state index in [4.69, 9.17) is 10.5 Å². The second-order valence-corrected chi connectivity index (χ2v) is 7.30. The second kappa shape index (κ2) is 8.03. The fraction of sp³-hybridized carbons (Fsp3) is 0.765. The molecule has 2 unspecified atom stereocenters. The number of nitrogens with one attached hydrogen (secondary N) is 2. The van der Waals surface area contributed by atoms with Crippen molar-refractivity contribution in [2.45, 2.75) is 64.3 Å². The lowest BCUT2D eigenvalue weighted by atomic mass is 9.83. The van der Waals surface area contributed by atoms with Gasteiger partial charge in [-0.25, -0.2) is 4.79 Å². The van der Waals surface area contributed by atoms with Crippen LogP contribution in [0.25, 0.3) is 0 Å². The average molecular weight is 369 g/mol. The normalized spacial score (nSPS) is 30.2. The summed E-state index contributed by atoms with van der Waals surface area (Å²) in [6.07, 6.45) is 0.831. The summed E-state index contributed by atoms with van der Waals surface area (Å²) in [7, 11) is 0. The topological polar surface area (TPSA) is 148 Å². The van der Waals surface area contributed by atoms with Gasteiger partial charge in [0.2, 0.25) is 5.91 Å². The van der Waals surface area contributed by atoms with Crippen LogP contribution in [0.1, 0.15) is 40.0 Å². The van der Waals surface area contributed by atoms with Crippen LogP contribution in [0.15, 0.2) is 0 Å². The van der Waals surface area contributed by atoms with Crippen LogP contribution >= 0.6 is 0 Å². The fourth-order valence-corrected chi connectivity index (χ4v) is 3.11. The maximum atomic E-state index is 12.3. The zero-order valence-corrected chi connectivity index (χ0v) is 15.2. The van der Waals surface area contributed by atoms with Gasteiger partial charge in [0.25, 0.3) is 5.91 Å². The molecule has 9 heteroatoms. The number of esters is 1. The van der Waals surface area contributed by atoms with E-state index in [0.29, 0.717) is 6.42 Å². The molecule has 0 aromatic heterocycles. The van der Waals surface area contributed by atoms with Crippen molar-refractivity contribution >= 4 is 23.8 Å². The van der Waals surface area contributed by atoms with Crippen molar-refractivity contribution in [3.05, 3.63) is 0 Å². The SMILES string of the molecule is CCC(C)[C@@H]1C(=O)OC1C(=O)N[C@H]1C[C@@H]1C[C@@H](NC(=O)[C@H](C)N)C(=O)O. The van der Waals surface area contributed by atoms with Gasteiger partial charge in [-0.1, -0.05) is 20.3 Å². The Labute approximate surface area is 152 Å². The van der Waals surface area contributed by atoms with E-state index in [1.54, 1.807) is 0 Å². The third kappa shape index (κ3) is 4.51. The van der Waals surface area contributed by atoms with E-state index in [2.05, 4.69) is 10.6 Å². The van der Waals surface area contributed by atoms with Crippen molar-refractivity contribution < 1.29 is 29.0 Å². The first kappa shape index (κ1) is 20.2.